The van der Waals surface area contributed by atoms with Crippen molar-refractivity contribution in [1.82, 2.24) is 5.16 Å². The molecule has 15 heavy (non-hydrogen) atoms. The molecule has 1 aromatic rings. The highest BCUT2D eigenvalue weighted by atomic mass is 16.5. The fourth-order valence-corrected chi connectivity index (χ4v) is 1.20. The van der Waals surface area contributed by atoms with Gasteiger partial charge in [0.2, 0.25) is 0 Å². The van der Waals surface area contributed by atoms with Gasteiger partial charge in [-0.15, -0.1) is 0 Å². The normalized spacial score (nSPS) is 15.3. The van der Waals surface area contributed by atoms with E-state index >= 15 is 0 Å². The van der Waals surface area contributed by atoms with Gasteiger partial charge in [0.05, 0.1) is 18.9 Å². The Bertz CT molecular complexity index is 299. The van der Waals surface area contributed by atoms with Crippen molar-refractivity contribution in [3.05, 3.63) is 17.0 Å². The predicted molar refractivity (Wildman–Crippen MR) is 58.5 cm³/mol. The molecule has 0 saturated heterocycles. The fraction of sp³-hybridized carbons (Fsp3) is 0.727. The van der Waals surface area contributed by atoms with Gasteiger partial charge in [-0.2, -0.15) is 0 Å². The Morgan fingerprint density at radius 1 is 1.47 bits per heavy atom. The van der Waals surface area contributed by atoms with Gasteiger partial charge in [0, 0.05) is 11.1 Å². The van der Waals surface area contributed by atoms with Crippen molar-refractivity contribution in [2.24, 2.45) is 5.73 Å². The Balaban J connectivity index is 2.45. The van der Waals surface area contributed by atoms with Crippen molar-refractivity contribution in [2.45, 2.75) is 46.3 Å². The summed E-state index contributed by atoms with van der Waals surface area (Å²) in [5, 5.41) is 3.87. The quantitative estimate of drug-likeness (QED) is 0.810. The zero-order chi connectivity index (χ0) is 11.5. The Morgan fingerprint density at radius 3 is 2.60 bits per heavy atom. The third kappa shape index (κ3) is 3.32. The summed E-state index contributed by atoms with van der Waals surface area (Å²) in [6.45, 7) is 8.91. The van der Waals surface area contributed by atoms with E-state index in [1.165, 1.54) is 0 Å². The van der Waals surface area contributed by atoms with E-state index in [0.717, 1.165) is 23.4 Å². The second kappa shape index (κ2) is 4.77. The number of aromatic nitrogens is 1. The highest BCUT2D eigenvalue weighted by Crippen LogP contribution is 2.14. The first-order valence-electron chi connectivity index (χ1n) is 5.24. The van der Waals surface area contributed by atoms with Crippen molar-refractivity contribution in [3.8, 4) is 0 Å². The first-order chi connectivity index (χ1) is 6.96. The number of ether oxygens (including phenoxy) is 1. The van der Waals surface area contributed by atoms with Crippen LogP contribution in [-0.2, 0) is 11.3 Å². The van der Waals surface area contributed by atoms with Crippen LogP contribution in [0.4, 0.5) is 0 Å². The maximum Gasteiger partial charge on any atom is 0.139 e. The van der Waals surface area contributed by atoms with Crippen molar-refractivity contribution < 1.29 is 9.26 Å². The molecule has 1 unspecified atom stereocenters. The standard InChI is InChI=1S/C11H20N2O2/c1-5-11(4,12)7-14-6-10-8(2)13-15-9(10)3/h5-7,12H2,1-4H3. The minimum atomic E-state index is -0.251. The maximum absolute atomic E-state index is 5.97. The molecule has 0 bridgehead atoms. The molecule has 4 heteroatoms. The number of aryl methyl sites for hydroxylation is 2. The molecular weight excluding hydrogens is 192 g/mol. The molecular formula is C11H20N2O2. The number of hydrogen-bond acceptors (Lipinski definition) is 4. The largest absolute Gasteiger partial charge is 0.375 e. The van der Waals surface area contributed by atoms with Crippen LogP contribution in [0.3, 0.4) is 0 Å². The molecule has 1 heterocycles. The van der Waals surface area contributed by atoms with Gasteiger partial charge in [-0.1, -0.05) is 12.1 Å². The summed E-state index contributed by atoms with van der Waals surface area (Å²) >= 11 is 0. The number of hydrogen-bond donors (Lipinski definition) is 1. The Morgan fingerprint density at radius 2 is 2.13 bits per heavy atom. The molecule has 1 rings (SSSR count). The van der Waals surface area contributed by atoms with E-state index in [2.05, 4.69) is 12.1 Å². The highest BCUT2D eigenvalue weighted by Gasteiger charge is 2.16. The van der Waals surface area contributed by atoms with Gasteiger partial charge < -0.3 is 15.0 Å². The van der Waals surface area contributed by atoms with Crippen molar-refractivity contribution in [1.29, 1.82) is 0 Å². The fourth-order valence-electron chi connectivity index (χ4n) is 1.20. The van der Waals surface area contributed by atoms with Crippen LogP contribution in [0.5, 0.6) is 0 Å². The van der Waals surface area contributed by atoms with Crippen LogP contribution < -0.4 is 5.73 Å². The van der Waals surface area contributed by atoms with Gasteiger partial charge in [-0.25, -0.2) is 0 Å². The zero-order valence-electron chi connectivity index (χ0n) is 9.96. The Hall–Kier alpha value is -0.870. The molecule has 1 atom stereocenters. The smallest absolute Gasteiger partial charge is 0.139 e. The average Bonchev–Trinajstić information content (AvgIpc) is 2.49. The first kappa shape index (κ1) is 12.2. The lowest BCUT2D eigenvalue weighted by molar-refractivity contribution is 0.0768. The molecule has 86 valence electrons. The molecule has 1 aromatic heterocycles. The van der Waals surface area contributed by atoms with E-state index in [-0.39, 0.29) is 5.54 Å². The van der Waals surface area contributed by atoms with E-state index in [1.807, 2.05) is 20.8 Å². The van der Waals surface area contributed by atoms with Crippen LogP contribution in [0.1, 0.15) is 37.3 Å². The van der Waals surface area contributed by atoms with E-state index in [9.17, 15) is 0 Å². The summed E-state index contributed by atoms with van der Waals surface area (Å²) in [6.07, 6.45) is 0.897. The van der Waals surface area contributed by atoms with Crippen LogP contribution in [-0.4, -0.2) is 17.3 Å². The lowest BCUT2D eigenvalue weighted by atomic mass is 10.0. The molecule has 0 aliphatic rings. The van der Waals surface area contributed by atoms with Gasteiger partial charge in [0.1, 0.15) is 5.76 Å². The van der Waals surface area contributed by atoms with Crippen molar-refractivity contribution in [2.75, 3.05) is 6.61 Å². The number of nitrogens with zero attached hydrogens (tertiary/aromatic N) is 1. The van der Waals surface area contributed by atoms with Gasteiger partial charge >= 0.3 is 0 Å². The molecule has 0 saturated carbocycles. The minimum Gasteiger partial charge on any atom is -0.375 e. The van der Waals surface area contributed by atoms with Crippen molar-refractivity contribution >= 4 is 0 Å². The third-order valence-corrected chi connectivity index (χ3v) is 2.67. The van der Waals surface area contributed by atoms with Gasteiger partial charge in [0.25, 0.3) is 0 Å². The third-order valence-electron chi connectivity index (χ3n) is 2.67. The van der Waals surface area contributed by atoms with Gasteiger partial charge in [0.15, 0.2) is 0 Å². The SMILES string of the molecule is CCC(C)(N)COCc1c(C)noc1C. The lowest BCUT2D eigenvalue weighted by Crippen LogP contribution is -2.40. The summed E-state index contributed by atoms with van der Waals surface area (Å²) in [5.41, 5.74) is 7.64. The molecule has 0 fully saturated rings. The predicted octanol–water partition coefficient (Wildman–Crippen LogP) is 1.94. The summed E-state index contributed by atoms with van der Waals surface area (Å²) in [6, 6.07) is 0. The van der Waals surface area contributed by atoms with Crippen LogP contribution in [0.25, 0.3) is 0 Å². The summed E-state index contributed by atoms with van der Waals surface area (Å²) in [4.78, 5) is 0. The van der Waals surface area contributed by atoms with E-state index in [4.69, 9.17) is 15.0 Å². The van der Waals surface area contributed by atoms with Gasteiger partial charge in [-0.3, -0.25) is 0 Å². The summed E-state index contributed by atoms with van der Waals surface area (Å²) in [5.74, 6) is 0.822. The Labute approximate surface area is 90.8 Å². The zero-order valence-corrected chi connectivity index (χ0v) is 9.96. The van der Waals surface area contributed by atoms with Crippen LogP contribution in [0, 0.1) is 13.8 Å². The molecule has 2 N–H and O–H groups in total. The molecule has 0 aromatic carbocycles. The van der Waals surface area contributed by atoms with E-state index in [0.29, 0.717) is 13.2 Å². The minimum absolute atomic E-state index is 0.251. The Kier molecular flexibility index (Phi) is 3.88. The highest BCUT2D eigenvalue weighted by molar-refractivity contribution is 5.19. The molecule has 0 aliphatic carbocycles. The maximum atomic E-state index is 5.97. The monoisotopic (exact) mass is 212 g/mol. The second-order valence-corrected chi connectivity index (χ2v) is 4.30. The molecule has 0 radical (unpaired) electrons. The first-order valence-corrected chi connectivity index (χ1v) is 5.24. The topological polar surface area (TPSA) is 61.3 Å². The second-order valence-electron chi connectivity index (χ2n) is 4.30. The van der Waals surface area contributed by atoms with Crippen LogP contribution in [0.15, 0.2) is 4.52 Å². The number of rotatable bonds is 5. The molecule has 0 spiro atoms. The lowest BCUT2D eigenvalue weighted by Gasteiger charge is -2.22. The van der Waals surface area contributed by atoms with Crippen LogP contribution in [0.2, 0.25) is 0 Å². The van der Waals surface area contributed by atoms with Crippen molar-refractivity contribution in [3.63, 3.8) is 0 Å². The summed E-state index contributed by atoms with van der Waals surface area (Å²) < 4.78 is 10.6. The van der Waals surface area contributed by atoms with Crippen LogP contribution >= 0.6 is 0 Å². The molecule has 0 aliphatic heterocycles. The average molecular weight is 212 g/mol. The number of nitrogens with two attached hydrogens (primary N) is 1. The summed E-state index contributed by atoms with van der Waals surface area (Å²) in [7, 11) is 0. The molecule has 0 amide bonds. The molecule has 4 nitrogen and oxygen atoms in total. The van der Waals surface area contributed by atoms with Gasteiger partial charge in [-0.05, 0) is 27.2 Å². The van der Waals surface area contributed by atoms with E-state index in [1.54, 1.807) is 0 Å². The van der Waals surface area contributed by atoms with E-state index < -0.39 is 0 Å².